The molecule has 0 spiro atoms. The summed E-state index contributed by atoms with van der Waals surface area (Å²) >= 11 is 6.86. The van der Waals surface area contributed by atoms with Gasteiger partial charge in [-0.2, -0.15) is 0 Å². The molecule has 0 heterocycles. The highest BCUT2D eigenvalue weighted by Gasteiger charge is 2.12. The number of amides is 1. The Balaban J connectivity index is 2.07. The molecule has 3 N–H and O–H groups in total. The first kappa shape index (κ1) is 17.8. The average molecular weight is 442 g/mol. The molecule has 0 saturated heterocycles. The third-order valence-corrected chi connectivity index (χ3v) is 4.41. The van der Waals surface area contributed by atoms with Crippen molar-refractivity contribution in [1.82, 2.24) is 0 Å². The molecule has 0 aromatic heterocycles. The minimum absolute atomic E-state index is 0.0651. The van der Waals surface area contributed by atoms with E-state index in [-0.39, 0.29) is 12.5 Å². The molecule has 0 aliphatic heterocycles. The third-order valence-electron chi connectivity index (χ3n) is 3.36. The summed E-state index contributed by atoms with van der Waals surface area (Å²) in [6, 6.07) is 7.48. The fourth-order valence-corrected chi connectivity index (χ4v) is 3.93. The van der Waals surface area contributed by atoms with Gasteiger partial charge in [0, 0.05) is 15.8 Å². The van der Waals surface area contributed by atoms with Crippen molar-refractivity contribution in [3.8, 4) is 5.75 Å². The summed E-state index contributed by atoms with van der Waals surface area (Å²) < 4.78 is 7.41. The van der Waals surface area contributed by atoms with E-state index in [0.717, 1.165) is 31.3 Å². The second-order valence-electron chi connectivity index (χ2n) is 5.40. The Hall–Kier alpha value is -1.53. The molecule has 2 aromatic rings. The minimum Gasteiger partial charge on any atom is -0.482 e. The van der Waals surface area contributed by atoms with Crippen LogP contribution in [-0.2, 0) is 4.79 Å². The van der Waals surface area contributed by atoms with Crippen LogP contribution in [-0.4, -0.2) is 12.5 Å². The number of aryl methyl sites for hydroxylation is 3. The summed E-state index contributed by atoms with van der Waals surface area (Å²) in [5.74, 6) is 0.448. The van der Waals surface area contributed by atoms with Gasteiger partial charge in [-0.15, -0.1) is 0 Å². The zero-order valence-electron chi connectivity index (χ0n) is 13.2. The lowest BCUT2D eigenvalue weighted by molar-refractivity contribution is -0.118. The van der Waals surface area contributed by atoms with Crippen molar-refractivity contribution in [2.45, 2.75) is 20.8 Å². The highest BCUT2D eigenvalue weighted by molar-refractivity contribution is 9.11. The molecule has 6 heteroatoms. The number of benzene rings is 2. The topological polar surface area (TPSA) is 64.3 Å². The van der Waals surface area contributed by atoms with E-state index in [1.54, 1.807) is 0 Å². The predicted molar refractivity (Wildman–Crippen MR) is 101 cm³/mol. The molecule has 0 fully saturated rings. The molecular weight excluding hydrogens is 424 g/mol. The van der Waals surface area contributed by atoms with Crippen molar-refractivity contribution < 1.29 is 9.53 Å². The van der Waals surface area contributed by atoms with Crippen LogP contribution in [0, 0.1) is 20.8 Å². The number of ether oxygens (including phenoxy) is 1. The second-order valence-corrected chi connectivity index (χ2v) is 7.17. The molecule has 0 aliphatic rings. The van der Waals surface area contributed by atoms with Gasteiger partial charge < -0.3 is 15.8 Å². The van der Waals surface area contributed by atoms with E-state index in [2.05, 4.69) is 37.2 Å². The third kappa shape index (κ3) is 4.48. The first-order valence-electron chi connectivity index (χ1n) is 7.03. The van der Waals surface area contributed by atoms with Crippen molar-refractivity contribution >= 4 is 49.1 Å². The molecule has 2 aromatic carbocycles. The lowest BCUT2D eigenvalue weighted by Crippen LogP contribution is -2.21. The number of halogens is 2. The minimum atomic E-state index is -0.213. The van der Waals surface area contributed by atoms with Crippen molar-refractivity contribution in [3.05, 3.63) is 49.9 Å². The van der Waals surface area contributed by atoms with Crippen LogP contribution in [0.15, 0.2) is 33.2 Å². The largest absolute Gasteiger partial charge is 0.482 e. The summed E-state index contributed by atoms with van der Waals surface area (Å²) in [7, 11) is 0. The predicted octanol–water partition coefficient (Wildman–Crippen LogP) is 4.74. The lowest BCUT2D eigenvalue weighted by Gasteiger charge is -2.14. The maximum Gasteiger partial charge on any atom is 0.262 e. The summed E-state index contributed by atoms with van der Waals surface area (Å²) in [5.41, 5.74) is 10.1. The molecule has 23 heavy (non-hydrogen) atoms. The van der Waals surface area contributed by atoms with Gasteiger partial charge in [-0.05, 0) is 77.7 Å². The van der Waals surface area contributed by atoms with Crippen molar-refractivity contribution in [2.24, 2.45) is 0 Å². The number of rotatable bonds is 4. The van der Waals surface area contributed by atoms with E-state index in [1.807, 2.05) is 45.0 Å². The number of carbonyl (C=O) groups is 1. The maximum atomic E-state index is 12.2. The summed E-state index contributed by atoms with van der Waals surface area (Å²) in [6.07, 6.45) is 0. The molecule has 0 atom stereocenters. The Morgan fingerprint density at radius 3 is 2.26 bits per heavy atom. The van der Waals surface area contributed by atoms with E-state index in [9.17, 15) is 4.79 Å². The van der Waals surface area contributed by atoms with Gasteiger partial charge in [-0.25, -0.2) is 0 Å². The van der Waals surface area contributed by atoms with E-state index >= 15 is 0 Å². The molecule has 4 nitrogen and oxygen atoms in total. The van der Waals surface area contributed by atoms with E-state index in [1.165, 1.54) is 0 Å². The number of hydrogen-bond donors (Lipinski definition) is 2. The Morgan fingerprint density at radius 1 is 1.09 bits per heavy atom. The zero-order chi connectivity index (χ0) is 17.1. The SMILES string of the molecule is Cc1cc(N)cc(C)c1NC(=O)COc1c(C)cc(Br)cc1Br. The first-order valence-corrected chi connectivity index (χ1v) is 8.61. The Kier molecular flexibility index (Phi) is 5.70. The van der Waals surface area contributed by atoms with Crippen LogP contribution in [0.3, 0.4) is 0 Å². The average Bonchev–Trinajstić information content (AvgIpc) is 2.41. The molecule has 0 saturated carbocycles. The van der Waals surface area contributed by atoms with Gasteiger partial charge in [0.05, 0.1) is 4.47 Å². The number of nitrogens with one attached hydrogen (secondary N) is 1. The summed E-state index contributed by atoms with van der Waals surface area (Å²) in [6.45, 7) is 5.69. The maximum absolute atomic E-state index is 12.2. The van der Waals surface area contributed by atoms with E-state index in [0.29, 0.717) is 11.4 Å². The molecule has 0 unspecified atom stereocenters. The van der Waals surface area contributed by atoms with E-state index < -0.39 is 0 Å². The molecule has 0 radical (unpaired) electrons. The van der Waals surface area contributed by atoms with Crippen LogP contribution < -0.4 is 15.8 Å². The van der Waals surface area contributed by atoms with Crippen molar-refractivity contribution in [3.63, 3.8) is 0 Å². The molecular formula is C17H18Br2N2O2. The zero-order valence-corrected chi connectivity index (χ0v) is 16.3. The molecule has 0 aliphatic carbocycles. The molecule has 2 rings (SSSR count). The first-order chi connectivity index (χ1) is 10.8. The highest BCUT2D eigenvalue weighted by Crippen LogP contribution is 2.32. The van der Waals surface area contributed by atoms with Crippen molar-refractivity contribution in [1.29, 1.82) is 0 Å². The molecule has 1 amide bonds. The van der Waals surface area contributed by atoms with Gasteiger partial charge in [-0.1, -0.05) is 15.9 Å². The molecule has 0 bridgehead atoms. The normalized spacial score (nSPS) is 10.5. The van der Waals surface area contributed by atoms with Crippen LogP contribution in [0.1, 0.15) is 16.7 Å². The standard InChI is InChI=1S/C17H18Br2N2O2/c1-9-5-13(20)6-10(2)16(9)21-15(22)8-23-17-11(3)4-12(18)7-14(17)19/h4-7H,8,20H2,1-3H3,(H,21,22). The Labute approximate surface area is 152 Å². The number of nitrogens with two attached hydrogens (primary N) is 1. The fraction of sp³-hybridized carbons (Fsp3) is 0.235. The smallest absolute Gasteiger partial charge is 0.262 e. The van der Waals surface area contributed by atoms with Gasteiger partial charge in [-0.3, -0.25) is 4.79 Å². The highest BCUT2D eigenvalue weighted by atomic mass is 79.9. The van der Waals surface area contributed by atoms with Crippen molar-refractivity contribution in [2.75, 3.05) is 17.7 Å². The number of carbonyl (C=O) groups excluding carboxylic acids is 1. The summed E-state index contributed by atoms with van der Waals surface area (Å²) in [4.78, 5) is 12.2. The molecule has 122 valence electrons. The van der Waals surface area contributed by atoms with Gasteiger partial charge >= 0.3 is 0 Å². The van der Waals surface area contributed by atoms with Crippen LogP contribution >= 0.6 is 31.9 Å². The van der Waals surface area contributed by atoms with Crippen LogP contribution in [0.5, 0.6) is 5.75 Å². The Morgan fingerprint density at radius 2 is 1.70 bits per heavy atom. The fourth-order valence-electron chi connectivity index (χ4n) is 2.38. The monoisotopic (exact) mass is 440 g/mol. The van der Waals surface area contributed by atoms with Gasteiger partial charge in [0.25, 0.3) is 5.91 Å². The summed E-state index contributed by atoms with van der Waals surface area (Å²) in [5, 5.41) is 2.88. The van der Waals surface area contributed by atoms with E-state index in [4.69, 9.17) is 10.5 Å². The van der Waals surface area contributed by atoms with Crippen LogP contribution in [0.4, 0.5) is 11.4 Å². The number of nitrogen functional groups attached to an aromatic ring is 1. The van der Waals surface area contributed by atoms with Gasteiger partial charge in [0.2, 0.25) is 0 Å². The lowest BCUT2D eigenvalue weighted by atomic mass is 10.1. The van der Waals surface area contributed by atoms with Gasteiger partial charge in [0.1, 0.15) is 5.75 Å². The number of hydrogen-bond acceptors (Lipinski definition) is 3. The van der Waals surface area contributed by atoms with Crippen LogP contribution in [0.25, 0.3) is 0 Å². The number of anilines is 2. The second kappa shape index (κ2) is 7.36. The van der Waals surface area contributed by atoms with Crippen LogP contribution in [0.2, 0.25) is 0 Å². The quantitative estimate of drug-likeness (QED) is 0.673. The Bertz CT molecular complexity index is 714. The van der Waals surface area contributed by atoms with Gasteiger partial charge in [0.15, 0.2) is 6.61 Å².